The van der Waals surface area contributed by atoms with Crippen LogP contribution in [0.2, 0.25) is 0 Å². The number of rotatable bonds is 5. The highest BCUT2D eigenvalue weighted by Crippen LogP contribution is 2.25. The average Bonchev–Trinajstić information content (AvgIpc) is 3.52. The molecule has 0 fully saturated rings. The number of nitrogens with zero attached hydrogens (tertiary/aromatic N) is 3. The molecule has 3 heterocycles. The van der Waals surface area contributed by atoms with Crippen LogP contribution in [-0.4, -0.2) is 22.4 Å². The molecule has 0 atom stereocenters. The van der Waals surface area contributed by atoms with Gasteiger partial charge in [0.1, 0.15) is 17.3 Å². The van der Waals surface area contributed by atoms with E-state index in [0.717, 1.165) is 39.6 Å². The second kappa shape index (κ2) is 7.44. The number of imidazole rings is 1. The predicted molar refractivity (Wildman–Crippen MR) is 113 cm³/mol. The summed E-state index contributed by atoms with van der Waals surface area (Å²) in [6, 6.07) is 21.1. The Balaban J connectivity index is 1.37. The van der Waals surface area contributed by atoms with Crippen molar-refractivity contribution < 1.29 is 8.83 Å². The fourth-order valence-corrected chi connectivity index (χ4v) is 2.93. The van der Waals surface area contributed by atoms with Gasteiger partial charge in [-0.3, -0.25) is 9.98 Å². The van der Waals surface area contributed by atoms with Gasteiger partial charge in [-0.15, -0.1) is 0 Å². The highest BCUT2D eigenvalue weighted by atomic mass is 16.3. The van der Waals surface area contributed by atoms with Crippen LogP contribution < -0.4 is 0 Å². The number of fused-ring (bicyclic) bond motifs is 1. The fourth-order valence-electron chi connectivity index (χ4n) is 2.93. The van der Waals surface area contributed by atoms with Gasteiger partial charge in [0.2, 0.25) is 0 Å². The molecule has 0 saturated heterocycles. The Hall–Kier alpha value is -4.19. The van der Waals surface area contributed by atoms with Gasteiger partial charge in [0.25, 0.3) is 0 Å². The van der Waals surface area contributed by atoms with Crippen molar-refractivity contribution in [3.05, 3.63) is 90.8 Å². The smallest absolute Gasteiger partial charge is 0.144 e. The van der Waals surface area contributed by atoms with Crippen molar-refractivity contribution in [3.8, 4) is 11.4 Å². The minimum absolute atomic E-state index is 0.713. The van der Waals surface area contributed by atoms with Crippen LogP contribution in [0.3, 0.4) is 0 Å². The molecule has 0 aliphatic heterocycles. The quantitative estimate of drug-likeness (QED) is 0.385. The summed E-state index contributed by atoms with van der Waals surface area (Å²) < 4.78 is 10.5. The standard InChI is InChI=1S/C23H16N4O2/c1-3-19(28-11-1)14-24-17-7-5-16(6-8-17)23-26-21-10-9-18(13-22(21)27-23)25-15-20-4-2-12-29-20/h1-15H,(H,26,27). The second-order valence-electron chi connectivity index (χ2n) is 6.38. The molecular formula is C23H16N4O2. The molecular weight excluding hydrogens is 364 g/mol. The maximum absolute atomic E-state index is 5.27. The van der Waals surface area contributed by atoms with Gasteiger partial charge in [-0.25, -0.2) is 4.98 Å². The highest BCUT2D eigenvalue weighted by Gasteiger charge is 2.06. The molecule has 2 aromatic carbocycles. The molecule has 0 unspecified atom stereocenters. The van der Waals surface area contributed by atoms with Crippen LogP contribution in [0.15, 0.2) is 98.1 Å². The predicted octanol–water partition coefficient (Wildman–Crippen LogP) is 5.92. The van der Waals surface area contributed by atoms with E-state index in [0.29, 0.717) is 5.76 Å². The van der Waals surface area contributed by atoms with Crippen molar-refractivity contribution in [1.82, 2.24) is 9.97 Å². The lowest BCUT2D eigenvalue weighted by atomic mass is 10.2. The first kappa shape index (κ1) is 16.9. The summed E-state index contributed by atoms with van der Waals surface area (Å²) >= 11 is 0. The Morgan fingerprint density at radius 2 is 1.41 bits per heavy atom. The van der Waals surface area contributed by atoms with Crippen molar-refractivity contribution in [3.63, 3.8) is 0 Å². The number of aromatic nitrogens is 2. The summed E-state index contributed by atoms with van der Waals surface area (Å²) in [6.45, 7) is 0. The SMILES string of the molecule is C(=Nc1ccc(-c2nc3ccc(N=Cc4ccco4)cc3[nH]2)cc1)c1ccco1. The molecule has 0 radical (unpaired) electrons. The van der Waals surface area contributed by atoms with Gasteiger partial charge in [0.05, 0.1) is 47.4 Å². The number of aromatic amines is 1. The van der Waals surface area contributed by atoms with Crippen LogP contribution >= 0.6 is 0 Å². The first-order valence-electron chi connectivity index (χ1n) is 9.09. The van der Waals surface area contributed by atoms with Crippen molar-refractivity contribution in [2.24, 2.45) is 9.98 Å². The van der Waals surface area contributed by atoms with Crippen LogP contribution in [0.4, 0.5) is 11.4 Å². The Kier molecular flexibility index (Phi) is 4.35. The van der Waals surface area contributed by atoms with Gasteiger partial charge in [-0.2, -0.15) is 0 Å². The van der Waals surface area contributed by atoms with Gasteiger partial charge >= 0.3 is 0 Å². The Morgan fingerprint density at radius 3 is 2.07 bits per heavy atom. The van der Waals surface area contributed by atoms with E-state index in [1.807, 2.05) is 66.7 Å². The number of benzene rings is 2. The van der Waals surface area contributed by atoms with Gasteiger partial charge in [-0.1, -0.05) is 0 Å². The molecule has 0 aliphatic carbocycles. The second-order valence-corrected chi connectivity index (χ2v) is 6.38. The molecule has 0 saturated carbocycles. The lowest BCUT2D eigenvalue weighted by molar-refractivity contribution is 0.560. The molecule has 0 spiro atoms. The van der Waals surface area contributed by atoms with E-state index in [1.54, 1.807) is 25.0 Å². The first-order valence-corrected chi connectivity index (χ1v) is 9.09. The third-order valence-electron chi connectivity index (χ3n) is 4.37. The minimum Gasteiger partial charge on any atom is -0.463 e. The van der Waals surface area contributed by atoms with E-state index in [4.69, 9.17) is 8.83 Å². The number of furan rings is 2. The normalized spacial score (nSPS) is 11.9. The largest absolute Gasteiger partial charge is 0.463 e. The molecule has 3 aromatic heterocycles. The summed E-state index contributed by atoms with van der Waals surface area (Å²) in [6.07, 6.45) is 6.64. The molecule has 1 N–H and O–H groups in total. The van der Waals surface area contributed by atoms with Gasteiger partial charge in [0.15, 0.2) is 0 Å². The lowest BCUT2D eigenvalue weighted by Gasteiger charge is -1.97. The maximum atomic E-state index is 5.27. The van der Waals surface area contributed by atoms with Crippen molar-refractivity contribution in [2.75, 3.05) is 0 Å². The highest BCUT2D eigenvalue weighted by molar-refractivity contribution is 5.85. The summed E-state index contributed by atoms with van der Waals surface area (Å²) in [5.74, 6) is 2.23. The van der Waals surface area contributed by atoms with Gasteiger partial charge in [0, 0.05) is 5.56 Å². The maximum Gasteiger partial charge on any atom is 0.144 e. The minimum atomic E-state index is 0.713. The summed E-state index contributed by atoms with van der Waals surface area (Å²) in [5, 5.41) is 0. The monoisotopic (exact) mass is 380 g/mol. The van der Waals surface area contributed by atoms with E-state index in [9.17, 15) is 0 Å². The van der Waals surface area contributed by atoms with Crippen molar-refractivity contribution >= 4 is 34.8 Å². The fraction of sp³-hybridized carbons (Fsp3) is 0. The Bertz CT molecular complexity index is 1280. The molecule has 0 bridgehead atoms. The number of aliphatic imine (C=N–C) groups is 2. The molecule has 6 nitrogen and oxygen atoms in total. The number of H-pyrrole nitrogens is 1. The number of hydrogen-bond donors (Lipinski definition) is 1. The third-order valence-corrected chi connectivity index (χ3v) is 4.37. The van der Waals surface area contributed by atoms with Crippen LogP contribution in [0, 0.1) is 0 Å². The zero-order chi connectivity index (χ0) is 19.5. The van der Waals surface area contributed by atoms with E-state index in [1.165, 1.54) is 0 Å². The Morgan fingerprint density at radius 1 is 0.759 bits per heavy atom. The average molecular weight is 380 g/mol. The van der Waals surface area contributed by atoms with Crippen LogP contribution in [-0.2, 0) is 0 Å². The zero-order valence-corrected chi connectivity index (χ0v) is 15.3. The zero-order valence-electron chi connectivity index (χ0n) is 15.3. The van der Waals surface area contributed by atoms with Crippen LogP contribution in [0.1, 0.15) is 11.5 Å². The molecule has 0 amide bonds. The third kappa shape index (κ3) is 3.77. The first-order chi connectivity index (χ1) is 14.3. The Labute approximate surface area is 166 Å². The summed E-state index contributed by atoms with van der Waals surface area (Å²) in [7, 11) is 0. The molecule has 5 aromatic rings. The van der Waals surface area contributed by atoms with Crippen molar-refractivity contribution in [2.45, 2.75) is 0 Å². The lowest BCUT2D eigenvalue weighted by Crippen LogP contribution is -1.79. The van der Waals surface area contributed by atoms with Gasteiger partial charge in [-0.05, 0) is 66.7 Å². The van der Waals surface area contributed by atoms with Gasteiger partial charge < -0.3 is 13.8 Å². The number of hydrogen-bond acceptors (Lipinski definition) is 5. The summed E-state index contributed by atoms with van der Waals surface area (Å²) in [4.78, 5) is 16.9. The number of nitrogens with one attached hydrogen (secondary N) is 1. The van der Waals surface area contributed by atoms with Crippen LogP contribution in [0.25, 0.3) is 22.4 Å². The van der Waals surface area contributed by atoms with Crippen LogP contribution in [0.5, 0.6) is 0 Å². The van der Waals surface area contributed by atoms with E-state index < -0.39 is 0 Å². The molecule has 140 valence electrons. The molecule has 5 rings (SSSR count). The topological polar surface area (TPSA) is 79.7 Å². The van der Waals surface area contributed by atoms with E-state index >= 15 is 0 Å². The molecule has 6 heteroatoms. The van der Waals surface area contributed by atoms with E-state index in [2.05, 4.69) is 20.0 Å². The van der Waals surface area contributed by atoms with E-state index in [-0.39, 0.29) is 0 Å². The molecule has 0 aliphatic rings. The summed E-state index contributed by atoms with van der Waals surface area (Å²) in [5.41, 5.74) is 4.46. The van der Waals surface area contributed by atoms with Crippen molar-refractivity contribution in [1.29, 1.82) is 0 Å². The molecule has 29 heavy (non-hydrogen) atoms.